The van der Waals surface area contributed by atoms with Crippen molar-refractivity contribution in [3.63, 3.8) is 0 Å². The number of rotatable bonds is 7. The number of methoxy groups -OCH3 is 1. The van der Waals surface area contributed by atoms with Gasteiger partial charge in [0.05, 0.1) is 17.6 Å². The molecule has 0 aliphatic heterocycles. The fourth-order valence-corrected chi connectivity index (χ4v) is 3.85. The number of thioether (sulfide) groups is 1. The lowest BCUT2D eigenvalue weighted by molar-refractivity contribution is -0.705. The molecule has 188 valence electrons. The quantitative estimate of drug-likeness (QED) is 0.216. The van der Waals surface area contributed by atoms with Crippen LogP contribution in [0.1, 0.15) is 18.9 Å². The average molecular weight is 525 g/mol. The Kier molecular flexibility index (Phi) is 7.47. The van der Waals surface area contributed by atoms with Gasteiger partial charge in [0.1, 0.15) is 17.0 Å². The Labute approximate surface area is 196 Å². The average Bonchev–Trinajstić information content (AvgIpc) is 3.17. The van der Waals surface area contributed by atoms with Crippen molar-refractivity contribution in [2.24, 2.45) is 0 Å². The molecular weight excluding hydrogens is 511 g/mol. The Morgan fingerprint density at radius 2 is 1.71 bits per heavy atom. The molecule has 0 radical (unpaired) electrons. The van der Waals surface area contributed by atoms with E-state index in [1.165, 1.54) is 26.2 Å². The summed E-state index contributed by atoms with van der Waals surface area (Å²) in [6.07, 6.45) is -5.81. The van der Waals surface area contributed by atoms with Crippen LogP contribution >= 0.6 is 11.8 Å². The standard InChI is InChI=1S/C20H14F7N3O4S/c1-3-10(35-18-19(32)34-29-30(18)8-4-6-9(33-2)7-5-8)17(31)28-16-14(23)12(21)11(20(25,26)27)13(22)15(16)24/h4-7,10H,3H2,1-2H3,(H-,28,29,31,32). The summed E-state index contributed by atoms with van der Waals surface area (Å²) in [5.41, 5.74) is -4.20. The lowest BCUT2D eigenvalue weighted by atomic mass is 10.1. The van der Waals surface area contributed by atoms with Crippen LogP contribution in [0.4, 0.5) is 36.4 Å². The highest BCUT2D eigenvalue weighted by atomic mass is 32.2. The second kappa shape index (κ2) is 10.0. The summed E-state index contributed by atoms with van der Waals surface area (Å²) < 4.78 is 105. The van der Waals surface area contributed by atoms with Gasteiger partial charge < -0.3 is 19.7 Å². The number of carbonyl (C=O) groups is 1. The van der Waals surface area contributed by atoms with E-state index in [4.69, 9.17) is 4.74 Å². The second-order valence-corrected chi connectivity index (χ2v) is 7.97. The third kappa shape index (κ3) is 5.13. The molecule has 2 aromatic carbocycles. The van der Waals surface area contributed by atoms with Gasteiger partial charge in [0.15, 0.2) is 29.2 Å². The fraction of sp³-hybridized carbons (Fsp3) is 0.250. The van der Waals surface area contributed by atoms with E-state index in [1.54, 1.807) is 17.4 Å². The smallest absolute Gasteiger partial charge is 0.422 e. The van der Waals surface area contributed by atoms with Crippen LogP contribution in [0, 0.1) is 23.3 Å². The highest BCUT2D eigenvalue weighted by Gasteiger charge is 2.43. The number of alkyl halides is 3. The van der Waals surface area contributed by atoms with Gasteiger partial charge in [-0.15, -0.1) is 0 Å². The molecule has 0 fully saturated rings. The van der Waals surface area contributed by atoms with Gasteiger partial charge in [0, 0.05) is 12.1 Å². The maximum absolute atomic E-state index is 14.2. The highest BCUT2D eigenvalue weighted by Crippen LogP contribution is 2.39. The van der Waals surface area contributed by atoms with Crippen LogP contribution in [0.15, 0.2) is 33.8 Å². The summed E-state index contributed by atoms with van der Waals surface area (Å²) in [5.74, 6) is -12.0. The molecule has 3 aromatic rings. The van der Waals surface area contributed by atoms with Crippen molar-refractivity contribution in [3.05, 3.63) is 53.1 Å². The number of ether oxygens (including phenoxy) is 1. The lowest BCUT2D eigenvalue weighted by Crippen LogP contribution is -2.36. The number of carbonyl (C=O) groups excluding carboxylic acids is 1. The SMILES string of the molecule is CCC(Sc1c([O-])on[n+]1-c1ccc(OC)cc1)C(=O)Nc1c(F)c(F)c(C(F)(F)F)c(F)c1F. The summed E-state index contributed by atoms with van der Waals surface area (Å²) in [7, 11) is 1.43. The molecule has 3 rings (SSSR count). The molecule has 0 aliphatic carbocycles. The third-order valence-corrected chi connectivity index (χ3v) is 6.00. The zero-order valence-electron chi connectivity index (χ0n) is 17.7. The number of benzene rings is 2. The minimum absolute atomic E-state index is 0.0848. The van der Waals surface area contributed by atoms with Crippen LogP contribution in [0.25, 0.3) is 5.69 Å². The van der Waals surface area contributed by atoms with Crippen molar-refractivity contribution in [3.8, 4) is 17.4 Å². The summed E-state index contributed by atoms with van der Waals surface area (Å²) in [4.78, 5) is 12.6. The molecule has 0 spiro atoms. The van der Waals surface area contributed by atoms with Gasteiger partial charge in [-0.3, -0.25) is 4.79 Å². The number of amides is 1. The minimum atomic E-state index is -5.73. The first kappa shape index (κ1) is 26.1. The summed E-state index contributed by atoms with van der Waals surface area (Å²) in [5, 5.41) is 15.7. The maximum atomic E-state index is 14.2. The molecule has 1 amide bonds. The van der Waals surface area contributed by atoms with Crippen LogP contribution in [0.2, 0.25) is 0 Å². The molecule has 1 heterocycles. The van der Waals surface area contributed by atoms with Gasteiger partial charge in [-0.1, -0.05) is 6.92 Å². The van der Waals surface area contributed by atoms with E-state index in [9.17, 15) is 40.6 Å². The Balaban J connectivity index is 1.91. The van der Waals surface area contributed by atoms with E-state index in [1.807, 2.05) is 0 Å². The van der Waals surface area contributed by atoms with Crippen LogP contribution in [-0.4, -0.2) is 23.5 Å². The molecule has 0 saturated carbocycles. The number of aromatic nitrogens is 2. The summed E-state index contributed by atoms with van der Waals surface area (Å²) in [6.45, 7) is 1.44. The summed E-state index contributed by atoms with van der Waals surface area (Å²) >= 11 is 0.547. The molecule has 0 bridgehead atoms. The van der Waals surface area contributed by atoms with Gasteiger partial charge in [-0.2, -0.15) is 13.2 Å². The molecule has 35 heavy (non-hydrogen) atoms. The molecule has 1 atom stereocenters. The Hall–Kier alpha value is -3.49. The third-order valence-electron chi connectivity index (χ3n) is 4.60. The number of anilines is 1. The Bertz CT molecular complexity index is 1220. The topological polar surface area (TPSA) is 91.3 Å². The van der Waals surface area contributed by atoms with E-state index in [-0.39, 0.29) is 11.4 Å². The van der Waals surface area contributed by atoms with E-state index < -0.39 is 57.8 Å². The zero-order valence-corrected chi connectivity index (χ0v) is 18.5. The molecular formula is C20H14F7N3O4S. The van der Waals surface area contributed by atoms with Crippen molar-refractivity contribution in [2.75, 3.05) is 12.4 Å². The van der Waals surface area contributed by atoms with Gasteiger partial charge in [0.2, 0.25) is 11.6 Å². The highest BCUT2D eigenvalue weighted by molar-refractivity contribution is 8.00. The monoisotopic (exact) mass is 525 g/mol. The predicted octanol–water partition coefficient (Wildman–Crippen LogP) is 4.12. The van der Waals surface area contributed by atoms with E-state index >= 15 is 0 Å². The maximum Gasteiger partial charge on any atom is 0.422 e. The first-order valence-corrected chi connectivity index (χ1v) is 10.4. The fourth-order valence-electron chi connectivity index (χ4n) is 2.88. The van der Waals surface area contributed by atoms with Crippen LogP contribution < -0.4 is 19.8 Å². The van der Waals surface area contributed by atoms with E-state index in [0.29, 0.717) is 23.2 Å². The minimum Gasteiger partial charge on any atom is -0.538 e. The number of halogens is 7. The Morgan fingerprint density at radius 1 is 1.14 bits per heavy atom. The van der Waals surface area contributed by atoms with Gasteiger partial charge in [-0.05, 0) is 35.0 Å². The van der Waals surface area contributed by atoms with Crippen molar-refractivity contribution in [2.45, 2.75) is 29.8 Å². The number of nitrogens with one attached hydrogen (secondary N) is 1. The van der Waals surface area contributed by atoms with Crippen LogP contribution in [0.3, 0.4) is 0 Å². The summed E-state index contributed by atoms with van der Waals surface area (Å²) in [6, 6.07) is 6.09. The number of nitrogens with zero attached hydrogens (tertiary/aromatic N) is 2. The first-order chi connectivity index (χ1) is 16.4. The van der Waals surface area contributed by atoms with Crippen LogP contribution in [0.5, 0.6) is 11.7 Å². The van der Waals surface area contributed by atoms with E-state index in [2.05, 4.69) is 9.79 Å². The van der Waals surface area contributed by atoms with Crippen molar-refractivity contribution < 1.29 is 54.6 Å². The number of hydrogen-bond acceptors (Lipinski definition) is 6. The molecule has 0 saturated heterocycles. The zero-order chi connectivity index (χ0) is 26.1. The van der Waals surface area contributed by atoms with Gasteiger partial charge in [0.25, 0.3) is 5.03 Å². The van der Waals surface area contributed by atoms with Crippen molar-refractivity contribution in [1.29, 1.82) is 0 Å². The second-order valence-electron chi connectivity index (χ2n) is 6.78. The normalized spacial score (nSPS) is 12.5. The molecule has 0 aliphatic rings. The lowest BCUT2D eigenvalue weighted by Gasteiger charge is -2.17. The van der Waals surface area contributed by atoms with Gasteiger partial charge in [-0.25, -0.2) is 17.6 Å². The first-order valence-electron chi connectivity index (χ1n) is 9.54. The number of hydrogen-bond donors (Lipinski definition) is 1. The molecule has 7 nitrogen and oxygen atoms in total. The van der Waals surface area contributed by atoms with E-state index in [0.717, 1.165) is 4.68 Å². The molecule has 1 N–H and O–H groups in total. The molecule has 1 aromatic heterocycles. The molecule has 15 heteroatoms. The van der Waals surface area contributed by atoms with Crippen molar-refractivity contribution >= 4 is 23.4 Å². The van der Waals surface area contributed by atoms with Gasteiger partial charge >= 0.3 is 6.18 Å². The largest absolute Gasteiger partial charge is 0.538 e. The Morgan fingerprint density at radius 3 is 2.20 bits per heavy atom. The predicted molar refractivity (Wildman–Crippen MR) is 104 cm³/mol. The molecule has 1 unspecified atom stereocenters. The van der Waals surface area contributed by atoms with Crippen LogP contribution in [-0.2, 0) is 11.0 Å². The van der Waals surface area contributed by atoms with Crippen molar-refractivity contribution in [1.82, 2.24) is 5.27 Å².